The summed E-state index contributed by atoms with van der Waals surface area (Å²) >= 11 is 5.93. The first kappa shape index (κ1) is 22.9. The maximum atomic E-state index is 13.0. The first-order valence-electron chi connectivity index (χ1n) is 9.96. The molecule has 0 aliphatic carbocycles. The molecule has 2 aromatic rings. The van der Waals surface area contributed by atoms with Gasteiger partial charge in [0.2, 0.25) is 17.7 Å². The summed E-state index contributed by atoms with van der Waals surface area (Å²) in [4.78, 5) is 38.0. The molecule has 2 aliphatic heterocycles. The molecule has 8 nitrogen and oxygen atoms in total. The number of fused-ring (bicyclic) bond motifs is 1. The Bertz CT molecular complexity index is 1100. The van der Waals surface area contributed by atoms with Gasteiger partial charge >= 0.3 is 6.18 Å². The fourth-order valence-electron chi connectivity index (χ4n) is 3.91. The fourth-order valence-corrected chi connectivity index (χ4v) is 4.10. The fraction of sp³-hybridized carbons (Fsp3) is 0.286. The summed E-state index contributed by atoms with van der Waals surface area (Å²) in [5, 5.41) is 14.0. The number of halogens is 4. The minimum absolute atomic E-state index is 0.110. The lowest BCUT2D eigenvalue weighted by Gasteiger charge is -2.43. The van der Waals surface area contributed by atoms with Crippen molar-refractivity contribution < 1.29 is 27.6 Å². The van der Waals surface area contributed by atoms with Gasteiger partial charge in [0.25, 0.3) is 0 Å². The van der Waals surface area contributed by atoms with Gasteiger partial charge in [0.1, 0.15) is 0 Å². The Balaban J connectivity index is 1.48. The Kier molecular flexibility index (Phi) is 6.17. The van der Waals surface area contributed by atoms with Crippen LogP contribution in [0.5, 0.6) is 0 Å². The first-order valence-corrected chi connectivity index (χ1v) is 10.3. The second-order valence-corrected chi connectivity index (χ2v) is 8.15. The third-order valence-electron chi connectivity index (χ3n) is 5.38. The van der Waals surface area contributed by atoms with Crippen LogP contribution in [-0.2, 0) is 20.6 Å². The SMILES string of the molecule is O=C1CC(C(=O)Nc2cccc(Cl)c2)C2C(=O)NC(Nc3cccc(C(F)(F)F)c3)NC2N1. The molecule has 2 fully saturated rings. The van der Waals surface area contributed by atoms with E-state index in [1.54, 1.807) is 18.2 Å². The van der Waals surface area contributed by atoms with Crippen LogP contribution in [0.4, 0.5) is 24.5 Å². The lowest BCUT2D eigenvalue weighted by molar-refractivity contribution is -0.144. The summed E-state index contributed by atoms with van der Waals surface area (Å²) in [7, 11) is 0. The van der Waals surface area contributed by atoms with E-state index in [1.807, 2.05) is 0 Å². The van der Waals surface area contributed by atoms with E-state index < -0.39 is 53.8 Å². The van der Waals surface area contributed by atoms with Crippen molar-refractivity contribution in [2.45, 2.75) is 25.1 Å². The number of alkyl halides is 3. The smallest absolute Gasteiger partial charge is 0.353 e. The van der Waals surface area contributed by atoms with Gasteiger partial charge < -0.3 is 21.3 Å². The summed E-state index contributed by atoms with van der Waals surface area (Å²) in [6.07, 6.45) is -6.60. The van der Waals surface area contributed by atoms with Gasteiger partial charge in [-0.25, -0.2) is 0 Å². The lowest BCUT2D eigenvalue weighted by Crippen LogP contribution is -2.72. The van der Waals surface area contributed by atoms with Crippen LogP contribution in [0, 0.1) is 11.8 Å². The molecular formula is C21H19ClF3N5O3. The van der Waals surface area contributed by atoms with E-state index in [0.717, 1.165) is 12.1 Å². The van der Waals surface area contributed by atoms with Crippen molar-refractivity contribution in [3.63, 3.8) is 0 Å². The van der Waals surface area contributed by atoms with Crippen molar-refractivity contribution >= 4 is 40.7 Å². The molecule has 2 aliphatic rings. The van der Waals surface area contributed by atoms with E-state index >= 15 is 0 Å². The molecule has 0 aromatic heterocycles. The molecule has 174 valence electrons. The Morgan fingerprint density at radius 3 is 2.48 bits per heavy atom. The molecule has 0 radical (unpaired) electrons. The molecule has 12 heteroatoms. The van der Waals surface area contributed by atoms with Gasteiger partial charge in [-0.2, -0.15) is 13.2 Å². The van der Waals surface area contributed by atoms with Gasteiger partial charge in [-0.3, -0.25) is 19.7 Å². The number of carbonyl (C=O) groups is 3. The van der Waals surface area contributed by atoms with Gasteiger partial charge in [0.15, 0.2) is 6.29 Å². The molecular weight excluding hydrogens is 463 g/mol. The summed E-state index contributed by atoms with van der Waals surface area (Å²) < 4.78 is 38.9. The summed E-state index contributed by atoms with van der Waals surface area (Å²) in [5.74, 6) is -3.40. The van der Waals surface area contributed by atoms with Crippen LogP contribution in [0.2, 0.25) is 5.02 Å². The molecule has 0 saturated carbocycles. The topological polar surface area (TPSA) is 111 Å². The normalized spacial score (nSPS) is 24.8. The zero-order chi connectivity index (χ0) is 23.8. The molecule has 0 bridgehead atoms. The molecule has 3 amide bonds. The maximum absolute atomic E-state index is 13.0. The number of anilines is 2. The summed E-state index contributed by atoms with van der Waals surface area (Å²) in [5.41, 5.74) is -0.321. The van der Waals surface area contributed by atoms with Crippen LogP contribution in [0.3, 0.4) is 0 Å². The minimum Gasteiger partial charge on any atom is -0.353 e. The van der Waals surface area contributed by atoms with E-state index in [1.165, 1.54) is 18.2 Å². The third-order valence-corrected chi connectivity index (χ3v) is 5.61. The Hall–Kier alpha value is -3.31. The predicted octanol–water partition coefficient (Wildman–Crippen LogP) is 2.49. The van der Waals surface area contributed by atoms with Gasteiger partial charge in [-0.05, 0) is 36.4 Å². The van der Waals surface area contributed by atoms with Crippen LogP contribution < -0.4 is 26.6 Å². The molecule has 4 atom stereocenters. The molecule has 2 aromatic carbocycles. The number of hydrogen-bond acceptors (Lipinski definition) is 5. The van der Waals surface area contributed by atoms with Crippen LogP contribution in [0.1, 0.15) is 12.0 Å². The number of piperidine rings is 1. The number of benzene rings is 2. The van der Waals surface area contributed by atoms with Crippen molar-refractivity contribution in [3.8, 4) is 0 Å². The van der Waals surface area contributed by atoms with Gasteiger partial charge in [-0.1, -0.05) is 23.7 Å². The second kappa shape index (κ2) is 8.91. The van der Waals surface area contributed by atoms with Gasteiger partial charge in [0, 0.05) is 22.8 Å². The molecule has 4 rings (SSSR count). The summed E-state index contributed by atoms with van der Waals surface area (Å²) in [6, 6.07) is 10.9. The molecule has 2 heterocycles. The van der Waals surface area contributed by atoms with E-state index in [-0.39, 0.29) is 12.1 Å². The van der Waals surface area contributed by atoms with Gasteiger partial charge in [0.05, 0.1) is 23.6 Å². The highest BCUT2D eigenvalue weighted by Crippen LogP contribution is 2.31. The number of nitrogens with one attached hydrogen (secondary N) is 5. The van der Waals surface area contributed by atoms with Crippen LogP contribution in [0.25, 0.3) is 0 Å². The van der Waals surface area contributed by atoms with Gasteiger partial charge in [-0.15, -0.1) is 0 Å². The van der Waals surface area contributed by atoms with Crippen molar-refractivity contribution in [2.24, 2.45) is 11.8 Å². The van der Waals surface area contributed by atoms with Crippen molar-refractivity contribution in [1.82, 2.24) is 16.0 Å². The van der Waals surface area contributed by atoms with Crippen molar-refractivity contribution in [3.05, 3.63) is 59.1 Å². The Morgan fingerprint density at radius 1 is 1.03 bits per heavy atom. The first-order chi connectivity index (χ1) is 15.6. The molecule has 5 N–H and O–H groups in total. The van der Waals surface area contributed by atoms with E-state index in [9.17, 15) is 27.6 Å². The zero-order valence-electron chi connectivity index (χ0n) is 16.9. The molecule has 0 spiro atoms. The quantitative estimate of drug-likeness (QED) is 0.461. The molecule has 2 saturated heterocycles. The molecule has 33 heavy (non-hydrogen) atoms. The van der Waals surface area contributed by atoms with Crippen LogP contribution >= 0.6 is 11.6 Å². The number of carbonyl (C=O) groups excluding carboxylic acids is 3. The maximum Gasteiger partial charge on any atom is 0.416 e. The highest BCUT2D eigenvalue weighted by atomic mass is 35.5. The second-order valence-electron chi connectivity index (χ2n) is 7.71. The molecule has 4 unspecified atom stereocenters. The van der Waals surface area contributed by atoms with Crippen molar-refractivity contribution in [2.75, 3.05) is 10.6 Å². The standard InChI is InChI=1S/C21H19ClF3N5O3/c22-11-4-2-6-13(8-11)26-18(32)14-9-15(31)28-17-16(14)19(33)30-20(29-17)27-12-5-1-3-10(7-12)21(23,24)25/h1-8,14,16-17,20,27,29H,9H2,(H,26,32)(H,28,31)(H,30,33). The highest BCUT2D eigenvalue weighted by Gasteiger charge is 2.48. The Morgan fingerprint density at radius 2 is 1.76 bits per heavy atom. The van der Waals surface area contributed by atoms with Crippen LogP contribution in [-0.4, -0.2) is 30.2 Å². The lowest BCUT2D eigenvalue weighted by atomic mass is 9.81. The third kappa shape index (κ3) is 5.20. The van der Waals surface area contributed by atoms with E-state index in [0.29, 0.717) is 10.7 Å². The van der Waals surface area contributed by atoms with E-state index in [2.05, 4.69) is 26.6 Å². The number of rotatable bonds is 4. The Labute approximate surface area is 191 Å². The number of amides is 3. The summed E-state index contributed by atoms with van der Waals surface area (Å²) in [6.45, 7) is 0. The number of hydrogen-bond donors (Lipinski definition) is 5. The highest BCUT2D eigenvalue weighted by molar-refractivity contribution is 6.30. The van der Waals surface area contributed by atoms with Crippen LogP contribution in [0.15, 0.2) is 48.5 Å². The van der Waals surface area contributed by atoms with Crippen molar-refractivity contribution in [1.29, 1.82) is 0 Å². The predicted molar refractivity (Wildman–Crippen MR) is 114 cm³/mol. The largest absolute Gasteiger partial charge is 0.416 e. The average molecular weight is 482 g/mol. The average Bonchev–Trinajstić information content (AvgIpc) is 2.72. The monoisotopic (exact) mass is 481 g/mol. The van der Waals surface area contributed by atoms with E-state index in [4.69, 9.17) is 11.6 Å². The zero-order valence-corrected chi connectivity index (χ0v) is 17.6. The minimum atomic E-state index is -4.52.